The topological polar surface area (TPSA) is 62.4 Å². The van der Waals surface area contributed by atoms with Crippen molar-refractivity contribution in [2.24, 2.45) is 0 Å². The lowest BCUT2D eigenvalue weighted by molar-refractivity contribution is 0.0749. The fraction of sp³-hybridized carbons (Fsp3) is 0.500. The van der Waals surface area contributed by atoms with E-state index in [1.165, 1.54) is 6.42 Å². The predicted octanol–water partition coefficient (Wildman–Crippen LogP) is 2.66. The first-order chi connectivity index (χ1) is 10.8. The van der Waals surface area contributed by atoms with Gasteiger partial charge < -0.3 is 9.63 Å². The highest BCUT2D eigenvalue weighted by Gasteiger charge is 2.23. The monoisotopic (exact) mass is 321 g/mol. The Balaban J connectivity index is 1.65. The van der Waals surface area contributed by atoms with Gasteiger partial charge in [0.15, 0.2) is 5.82 Å². The molecular formula is C16H20ClN3O2. The molecule has 0 aliphatic carbocycles. The Kier molecular flexibility index (Phi) is 5.08. The molecule has 0 radical (unpaired) electrons. The number of benzene rings is 1. The summed E-state index contributed by atoms with van der Waals surface area (Å²) in [6.45, 7) is 1.74. The fourth-order valence-corrected chi connectivity index (χ4v) is 3.09. The van der Waals surface area contributed by atoms with Crippen molar-refractivity contribution in [2.75, 3.05) is 13.2 Å². The van der Waals surface area contributed by atoms with Gasteiger partial charge in [-0.05, 0) is 31.0 Å². The van der Waals surface area contributed by atoms with Crippen LogP contribution in [0, 0.1) is 0 Å². The second-order valence-corrected chi connectivity index (χ2v) is 6.08. The van der Waals surface area contributed by atoms with Crippen molar-refractivity contribution in [2.45, 2.75) is 38.3 Å². The van der Waals surface area contributed by atoms with Crippen molar-refractivity contribution in [3.05, 3.63) is 46.6 Å². The first kappa shape index (κ1) is 15.5. The Morgan fingerprint density at radius 2 is 2.18 bits per heavy atom. The van der Waals surface area contributed by atoms with Crippen LogP contribution in [0.4, 0.5) is 0 Å². The third kappa shape index (κ3) is 3.66. The van der Waals surface area contributed by atoms with E-state index in [0.29, 0.717) is 29.7 Å². The number of nitrogens with zero attached hydrogens (tertiary/aromatic N) is 3. The molecule has 1 saturated heterocycles. The zero-order valence-electron chi connectivity index (χ0n) is 12.4. The van der Waals surface area contributed by atoms with Crippen LogP contribution in [0.15, 0.2) is 28.8 Å². The van der Waals surface area contributed by atoms with E-state index >= 15 is 0 Å². The molecule has 1 aliphatic rings. The Morgan fingerprint density at radius 1 is 1.32 bits per heavy atom. The molecule has 3 rings (SSSR count). The standard InChI is InChI=1S/C16H20ClN3O2/c17-14-7-2-1-5-12(14)9-15-18-16(22-19-15)10-20-8-4-3-6-13(20)11-21/h1-2,5,7,13,21H,3-4,6,8-11H2/t13-/m1/s1. The van der Waals surface area contributed by atoms with Crippen molar-refractivity contribution in [1.82, 2.24) is 15.0 Å². The first-order valence-electron chi connectivity index (χ1n) is 7.66. The van der Waals surface area contributed by atoms with Gasteiger partial charge in [0.2, 0.25) is 5.89 Å². The molecule has 0 amide bonds. The Labute approximate surface area is 134 Å². The van der Waals surface area contributed by atoms with Gasteiger partial charge in [0, 0.05) is 17.5 Å². The molecule has 6 heteroatoms. The summed E-state index contributed by atoms with van der Waals surface area (Å²) in [4.78, 5) is 6.67. The Bertz CT molecular complexity index is 617. The van der Waals surface area contributed by atoms with Crippen LogP contribution < -0.4 is 0 Å². The normalized spacial score (nSPS) is 19.5. The second-order valence-electron chi connectivity index (χ2n) is 5.68. The van der Waals surface area contributed by atoms with Crippen LogP contribution in [0.2, 0.25) is 5.02 Å². The van der Waals surface area contributed by atoms with Crippen molar-refractivity contribution in [3.63, 3.8) is 0 Å². The summed E-state index contributed by atoms with van der Waals surface area (Å²) in [5.41, 5.74) is 0.989. The highest BCUT2D eigenvalue weighted by molar-refractivity contribution is 6.31. The number of piperidine rings is 1. The number of aromatic nitrogens is 2. The molecule has 0 saturated carbocycles. The summed E-state index contributed by atoms with van der Waals surface area (Å²) in [5, 5.41) is 14.2. The third-order valence-corrected chi connectivity index (χ3v) is 4.48. The molecule has 2 aromatic rings. The maximum Gasteiger partial charge on any atom is 0.240 e. The molecule has 1 atom stereocenters. The molecule has 0 unspecified atom stereocenters. The van der Waals surface area contributed by atoms with Gasteiger partial charge in [-0.2, -0.15) is 4.98 Å². The summed E-state index contributed by atoms with van der Waals surface area (Å²) in [6.07, 6.45) is 3.91. The third-order valence-electron chi connectivity index (χ3n) is 4.11. The summed E-state index contributed by atoms with van der Waals surface area (Å²) >= 11 is 6.15. The van der Waals surface area contributed by atoms with Gasteiger partial charge in [-0.25, -0.2) is 0 Å². The first-order valence-corrected chi connectivity index (χ1v) is 8.04. The number of hydrogen-bond acceptors (Lipinski definition) is 5. The average Bonchev–Trinajstić information content (AvgIpc) is 2.97. The molecule has 22 heavy (non-hydrogen) atoms. The van der Waals surface area contributed by atoms with Crippen molar-refractivity contribution in [1.29, 1.82) is 0 Å². The molecule has 1 aromatic heterocycles. The van der Waals surface area contributed by atoms with Gasteiger partial charge in [0.05, 0.1) is 13.2 Å². The van der Waals surface area contributed by atoms with Gasteiger partial charge in [0.25, 0.3) is 0 Å². The molecule has 1 aromatic carbocycles. The highest BCUT2D eigenvalue weighted by Crippen LogP contribution is 2.20. The maximum absolute atomic E-state index is 9.45. The van der Waals surface area contributed by atoms with Crippen LogP contribution in [0.3, 0.4) is 0 Å². The van der Waals surface area contributed by atoms with Crippen LogP contribution in [-0.4, -0.2) is 39.3 Å². The summed E-state index contributed by atoms with van der Waals surface area (Å²) in [7, 11) is 0. The molecule has 2 heterocycles. The quantitative estimate of drug-likeness (QED) is 0.917. The molecule has 1 aliphatic heterocycles. The molecule has 1 fully saturated rings. The lowest BCUT2D eigenvalue weighted by Crippen LogP contribution is -2.41. The smallest absolute Gasteiger partial charge is 0.240 e. The highest BCUT2D eigenvalue weighted by atomic mass is 35.5. The predicted molar refractivity (Wildman–Crippen MR) is 83.7 cm³/mol. The molecule has 1 N–H and O–H groups in total. The summed E-state index contributed by atoms with van der Waals surface area (Å²) < 4.78 is 5.34. The van der Waals surface area contributed by atoms with Crippen molar-refractivity contribution in [3.8, 4) is 0 Å². The van der Waals surface area contributed by atoms with Gasteiger partial charge >= 0.3 is 0 Å². The minimum Gasteiger partial charge on any atom is -0.395 e. The molecule has 5 nitrogen and oxygen atoms in total. The van der Waals surface area contributed by atoms with Crippen LogP contribution in [-0.2, 0) is 13.0 Å². The summed E-state index contributed by atoms with van der Waals surface area (Å²) in [5.74, 6) is 1.24. The van der Waals surface area contributed by atoms with Gasteiger partial charge in [-0.3, -0.25) is 4.90 Å². The van der Waals surface area contributed by atoms with E-state index in [4.69, 9.17) is 16.1 Å². The van der Waals surface area contributed by atoms with E-state index in [1.54, 1.807) is 0 Å². The van der Waals surface area contributed by atoms with Crippen LogP contribution in [0.1, 0.15) is 36.5 Å². The lowest BCUT2D eigenvalue weighted by Gasteiger charge is -2.33. The number of aliphatic hydroxyl groups excluding tert-OH is 1. The minimum absolute atomic E-state index is 0.181. The molecule has 0 spiro atoms. The second kappa shape index (κ2) is 7.22. The Hall–Kier alpha value is -1.43. The number of hydrogen-bond donors (Lipinski definition) is 1. The number of halogens is 1. The van der Waals surface area contributed by atoms with E-state index in [-0.39, 0.29) is 12.6 Å². The van der Waals surface area contributed by atoms with Gasteiger partial charge in [-0.15, -0.1) is 0 Å². The van der Waals surface area contributed by atoms with Crippen LogP contribution in [0.5, 0.6) is 0 Å². The van der Waals surface area contributed by atoms with Crippen molar-refractivity contribution < 1.29 is 9.63 Å². The number of likely N-dealkylation sites (tertiary alicyclic amines) is 1. The largest absolute Gasteiger partial charge is 0.395 e. The minimum atomic E-state index is 0.181. The molecule has 118 valence electrons. The zero-order valence-corrected chi connectivity index (χ0v) is 13.2. The lowest BCUT2D eigenvalue weighted by atomic mass is 10.0. The van der Waals surface area contributed by atoms with E-state index in [9.17, 15) is 5.11 Å². The van der Waals surface area contributed by atoms with E-state index in [0.717, 1.165) is 24.9 Å². The number of aliphatic hydroxyl groups is 1. The molecular weight excluding hydrogens is 302 g/mol. The van der Waals surface area contributed by atoms with Crippen LogP contribution in [0.25, 0.3) is 0 Å². The SMILES string of the molecule is OC[C@H]1CCCCN1Cc1nc(Cc2ccccc2Cl)no1. The van der Waals surface area contributed by atoms with Gasteiger partial charge in [0.1, 0.15) is 0 Å². The van der Waals surface area contributed by atoms with Gasteiger partial charge in [-0.1, -0.05) is 41.4 Å². The fourth-order valence-electron chi connectivity index (χ4n) is 2.89. The van der Waals surface area contributed by atoms with E-state index < -0.39 is 0 Å². The summed E-state index contributed by atoms with van der Waals surface area (Å²) in [6, 6.07) is 7.87. The van der Waals surface area contributed by atoms with Crippen molar-refractivity contribution >= 4 is 11.6 Å². The van der Waals surface area contributed by atoms with Crippen LogP contribution >= 0.6 is 11.6 Å². The van der Waals surface area contributed by atoms with E-state index in [1.807, 2.05) is 24.3 Å². The average molecular weight is 322 g/mol. The molecule has 0 bridgehead atoms. The zero-order chi connectivity index (χ0) is 15.4. The van der Waals surface area contributed by atoms with E-state index in [2.05, 4.69) is 15.0 Å². The maximum atomic E-state index is 9.45. The number of rotatable bonds is 5. The Morgan fingerprint density at radius 3 is 3.00 bits per heavy atom.